The van der Waals surface area contributed by atoms with Crippen LogP contribution in [0, 0.1) is 0 Å². The Labute approximate surface area is 125 Å². The number of carbonyl (C=O) groups excluding carboxylic acids is 1. The zero-order valence-corrected chi connectivity index (χ0v) is 11.2. The van der Waals surface area contributed by atoms with Crippen LogP contribution >= 0.6 is 0 Å². The largest absolute Gasteiger partial charge is 0.490 e. The van der Waals surface area contributed by atoms with E-state index in [-0.39, 0.29) is 12.4 Å². The van der Waals surface area contributed by atoms with E-state index >= 15 is 0 Å². The minimum absolute atomic E-state index is 0.0669. The number of pyridine rings is 1. The molecule has 0 unspecified atom stereocenters. The highest BCUT2D eigenvalue weighted by Crippen LogP contribution is 2.20. The van der Waals surface area contributed by atoms with Crippen molar-refractivity contribution in [2.45, 2.75) is 25.3 Å². The number of rotatable bonds is 3. The third-order valence-corrected chi connectivity index (χ3v) is 1.93. The maximum atomic E-state index is 11.9. The highest BCUT2D eigenvalue weighted by atomic mass is 19.4. The Balaban J connectivity index is 0.000000585. The highest BCUT2D eigenvalue weighted by molar-refractivity contribution is 5.90. The Morgan fingerprint density at radius 1 is 1.22 bits per heavy atom. The number of carboxylic acid groups (broad SMARTS) is 1. The van der Waals surface area contributed by atoms with Crippen LogP contribution in [0.5, 0.6) is 0 Å². The molecule has 0 fully saturated rings. The molecular weight excluding hydrogens is 336 g/mol. The molecule has 0 aliphatic carbocycles. The van der Waals surface area contributed by atoms with Gasteiger partial charge >= 0.3 is 18.3 Å². The first-order valence-corrected chi connectivity index (χ1v) is 5.67. The fraction of sp³-hybridized carbons (Fsp3) is 0.364. The average molecular weight is 347 g/mol. The van der Waals surface area contributed by atoms with E-state index in [0.717, 1.165) is 0 Å². The van der Waals surface area contributed by atoms with Gasteiger partial charge in [-0.2, -0.15) is 26.3 Å². The van der Waals surface area contributed by atoms with E-state index in [9.17, 15) is 31.1 Å². The lowest BCUT2D eigenvalue weighted by atomic mass is 10.2. The molecule has 6 nitrogen and oxygen atoms in total. The molecule has 0 saturated heterocycles. The number of aliphatic carboxylic acids is 1. The number of carboxylic acids is 1. The van der Waals surface area contributed by atoms with Crippen molar-refractivity contribution in [3.05, 3.63) is 23.9 Å². The molecule has 1 aromatic rings. The summed E-state index contributed by atoms with van der Waals surface area (Å²) in [5, 5.41) is 9.17. The molecule has 1 rings (SSSR count). The van der Waals surface area contributed by atoms with Gasteiger partial charge in [-0.3, -0.25) is 4.79 Å². The van der Waals surface area contributed by atoms with Crippen molar-refractivity contribution in [1.82, 2.24) is 4.98 Å². The van der Waals surface area contributed by atoms with Crippen LogP contribution < -0.4 is 11.1 Å². The third-order valence-electron chi connectivity index (χ3n) is 1.93. The quantitative estimate of drug-likeness (QED) is 0.726. The van der Waals surface area contributed by atoms with Gasteiger partial charge in [-0.15, -0.1) is 0 Å². The summed E-state index contributed by atoms with van der Waals surface area (Å²) in [6.45, 7) is 0.227. The van der Waals surface area contributed by atoms with Crippen LogP contribution in [0.15, 0.2) is 18.3 Å². The van der Waals surface area contributed by atoms with Gasteiger partial charge in [-0.1, -0.05) is 0 Å². The summed E-state index contributed by atoms with van der Waals surface area (Å²) in [7, 11) is 0. The number of alkyl halides is 6. The molecule has 0 saturated carbocycles. The van der Waals surface area contributed by atoms with Crippen molar-refractivity contribution in [3.8, 4) is 0 Å². The Bertz CT molecular complexity index is 545. The van der Waals surface area contributed by atoms with Gasteiger partial charge in [0.05, 0.1) is 0 Å². The lowest BCUT2D eigenvalue weighted by molar-refractivity contribution is -0.192. The van der Waals surface area contributed by atoms with Gasteiger partial charge in [-0.05, 0) is 17.7 Å². The molecule has 23 heavy (non-hydrogen) atoms. The van der Waals surface area contributed by atoms with Gasteiger partial charge in [0.25, 0.3) is 0 Å². The van der Waals surface area contributed by atoms with Crippen LogP contribution in [0.3, 0.4) is 0 Å². The number of anilines is 1. The van der Waals surface area contributed by atoms with Crippen molar-refractivity contribution in [2.24, 2.45) is 5.73 Å². The standard InChI is InChI=1S/C9H10F3N3O.C2HF3O2/c10-9(11,12)4-8(16)15-7-3-6(5-13)1-2-14-7;3-2(4,5)1(6)7/h1-3H,4-5,13H2,(H,14,15,16);(H,6,7). The Morgan fingerprint density at radius 3 is 2.13 bits per heavy atom. The summed E-state index contributed by atoms with van der Waals surface area (Å²) in [5.74, 6) is -3.83. The van der Waals surface area contributed by atoms with Crippen LogP contribution in [0.25, 0.3) is 0 Å². The first kappa shape index (κ1) is 20.6. The number of hydrogen-bond donors (Lipinski definition) is 3. The van der Waals surface area contributed by atoms with Gasteiger partial charge in [0, 0.05) is 12.7 Å². The molecular formula is C11H11F6N3O3. The molecule has 1 aromatic heterocycles. The summed E-state index contributed by atoms with van der Waals surface area (Å²) >= 11 is 0. The predicted molar refractivity (Wildman–Crippen MR) is 65.1 cm³/mol. The lowest BCUT2D eigenvalue weighted by Crippen LogP contribution is -2.21. The van der Waals surface area contributed by atoms with Crippen molar-refractivity contribution in [3.63, 3.8) is 0 Å². The normalized spacial score (nSPS) is 11.3. The number of hydrogen-bond acceptors (Lipinski definition) is 4. The van der Waals surface area contributed by atoms with E-state index in [4.69, 9.17) is 15.6 Å². The number of carbonyl (C=O) groups is 2. The summed E-state index contributed by atoms with van der Waals surface area (Å²) in [4.78, 5) is 23.5. The number of nitrogens with zero attached hydrogens (tertiary/aromatic N) is 1. The number of nitrogens with one attached hydrogen (secondary N) is 1. The fourth-order valence-electron chi connectivity index (χ4n) is 1.04. The summed E-state index contributed by atoms with van der Waals surface area (Å²) in [5.41, 5.74) is 6.01. The zero-order valence-electron chi connectivity index (χ0n) is 11.2. The van der Waals surface area contributed by atoms with Crippen LogP contribution in [-0.2, 0) is 16.1 Å². The van der Waals surface area contributed by atoms with Crippen LogP contribution in [0.1, 0.15) is 12.0 Å². The maximum absolute atomic E-state index is 11.9. The number of nitrogens with two attached hydrogens (primary N) is 1. The van der Waals surface area contributed by atoms with E-state index in [2.05, 4.69) is 4.98 Å². The molecule has 0 aromatic carbocycles. The summed E-state index contributed by atoms with van der Waals surface area (Å²) in [6.07, 6.45) is -9.76. The number of amides is 1. The zero-order chi connectivity index (χ0) is 18.3. The molecule has 0 bridgehead atoms. The minimum Gasteiger partial charge on any atom is -0.475 e. The highest BCUT2D eigenvalue weighted by Gasteiger charge is 2.38. The van der Waals surface area contributed by atoms with Crippen molar-refractivity contribution >= 4 is 17.7 Å². The summed E-state index contributed by atoms with van der Waals surface area (Å²) in [6, 6.07) is 3.04. The molecule has 0 aliphatic rings. The van der Waals surface area contributed by atoms with E-state index in [0.29, 0.717) is 5.56 Å². The van der Waals surface area contributed by atoms with Crippen LogP contribution in [0.4, 0.5) is 32.2 Å². The monoisotopic (exact) mass is 347 g/mol. The molecule has 1 heterocycles. The van der Waals surface area contributed by atoms with E-state index in [1.165, 1.54) is 12.3 Å². The van der Waals surface area contributed by atoms with Crippen molar-refractivity contribution in [1.29, 1.82) is 0 Å². The van der Waals surface area contributed by atoms with Crippen molar-refractivity contribution < 1.29 is 41.0 Å². The van der Waals surface area contributed by atoms with E-state index in [1.807, 2.05) is 5.32 Å². The topological polar surface area (TPSA) is 105 Å². The van der Waals surface area contributed by atoms with Gasteiger partial charge in [0.1, 0.15) is 12.2 Å². The Hall–Kier alpha value is -2.37. The van der Waals surface area contributed by atoms with Crippen molar-refractivity contribution in [2.75, 3.05) is 5.32 Å². The van der Waals surface area contributed by atoms with Gasteiger partial charge < -0.3 is 16.2 Å². The van der Waals surface area contributed by atoms with Crippen LogP contribution in [0.2, 0.25) is 0 Å². The number of halogens is 6. The molecule has 0 aliphatic heterocycles. The SMILES string of the molecule is NCc1ccnc(NC(=O)CC(F)(F)F)c1.O=C(O)C(F)(F)F. The second-order valence-electron chi connectivity index (χ2n) is 3.90. The molecule has 4 N–H and O–H groups in total. The molecule has 0 radical (unpaired) electrons. The second-order valence-corrected chi connectivity index (χ2v) is 3.90. The van der Waals surface area contributed by atoms with Crippen LogP contribution in [-0.4, -0.2) is 34.3 Å². The predicted octanol–water partition coefficient (Wildman–Crippen LogP) is 2.06. The lowest BCUT2D eigenvalue weighted by Gasteiger charge is -2.07. The smallest absolute Gasteiger partial charge is 0.475 e. The second kappa shape index (κ2) is 8.31. The van der Waals surface area contributed by atoms with Gasteiger partial charge in [0.15, 0.2) is 0 Å². The average Bonchev–Trinajstić information content (AvgIpc) is 2.36. The number of aromatic nitrogens is 1. The van der Waals surface area contributed by atoms with E-state index in [1.54, 1.807) is 6.07 Å². The molecule has 0 atom stereocenters. The Kier molecular flexibility index (Phi) is 7.46. The Morgan fingerprint density at radius 2 is 1.74 bits per heavy atom. The summed E-state index contributed by atoms with van der Waals surface area (Å²) < 4.78 is 67.3. The van der Waals surface area contributed by atoms with E-state index < -0.39 is 30.6 Å². The molecule has 0 spiro atoms. The fourth-order valence-corrected chi connectivity index (χ4v) is 1.04. The molecule has 1 amide bonds. The third kappa shape index (κ3) is 10.1. The van der Waals surface area contributed by atoms with Gasteiger partial charge in [0.2, 0.25) is 5.91 Å². The maximum Gasteiger partial charge on any atom is 0.490 e. The molecule has 12 heteroatoms. The minimum atomic E-state index is -5.08. The van der Waals surface area contributed by atoms with Gasteiger partial charge in [-0.25, -0.2) is 9.78 Å². The first-order chi connectivity index (χ1) is 10.3. The first-order valence-electron chi connectivity index (χ1n) is 5.67. The molecule has 130 valence electrons.